The van der Waals surface area contributed by atoms with E-state index in [1.54, 1.807) is 31.1 Å². The molecule has 2 atom stereocenters. The molecular formula is C34H37N3O6. The minimum atomic E-state index is -1.21. The van der Waals surface area contributed by atoms with Crippen molar-refractivity contribution in [3.05, 3.63) is 83.0 Å². The molecule has 9 heteroatoms. The summed E-state index contributed by atoms with van der Waals surface area (Å²) in [7, 11) is 4.78. The fraction of sp³-hybridized carbons (Fsp3) is 0.353. The molecule has 2 aliphatic rings. The standard InChI is InChI=1S/C34H37N3O6/c1-20(2)43-27-14-12-22(16-29(27)42-6)24-18-37-30(38)19-36(17-21-11-13-26(40-4)28(15-21)41-5)33(39)34(37,3)32-31(24)23-9-7-8-10-25(23)35-32/h7-16,20,24,35H,17-19H2,1-6H3/t24?,34-/m0/s1. The number of aromatic amines is 1. The van der Waals surface area contributed by atoms with Crippen LogP contribution in [0.1, 0.15) is 49.1 Å². The highest BCUT2D eigenvalue weighted by Crippen LogP contribution is 2.49. The molecule has 1 N–H and O–H groups in total. The lowest BCUT2D eigenvalue weighted by atomic mass is 9.76. The summed E-state index contributed by atoms with van der Waals surface area (Å²) in [5.41, 5.74) is 3.29. The second-order valence-electron chi connectivity index (χ2n) is 11.5. The molecule has 3 heterocycles. The average molecular weight is 584 g/mol. The van der Waals surface area contributed by atoms with E-state index in [9.17, 15) is 9.59 Å². The molecule has 224 valence electrons. The van der Waals surface area contributed by atoms with Crippen LogP contribution in [0.25, 0.3) is 10.9 Å². The Morgan fingerprint density at radius 2 is 1.60 bits per heavy atom. The van der Waals surface area contributed by atoms with Crippen molar-refractivity contribution in [2.45, 2.75) is 44.9 Å². The molecule has 9 nitrogen and oxygen atoms in total. The number of hydrogen-bond donors (Lipinski definition) is 1. The van der Waals surface area contributed by atoms with Crippen molar-refractivity contribution in [3.8, 4) is 23.0 Å². The SMILES string of the molecule is COc1ccc(CN2CC(=O)N3CC(c4ccc(OC(C)C)c(OC)c4)c4c([nH]c5ccccc45)[C@@]3(C)C2=O)cc1OC. The maximum absolute atomic E-state index is 14.5. The van der Waals surface area contributed by atoms with Crippen LogP contribution in [0.3, 0.4) is 0 Å². The summed E-state index contributed by atoms with van der Waals surface area (Å²) in [5, 5.41) is 1.03. The summed E-state index contributed by atoms with van der Waals surface area (Å²) in [6.07, 6.45) is -0.00529. The van der Waals surface area contributed by atoms with Gasteiger partial charge in [-0.1, -0.05) is 30.3 Å². The number of ether oxygens (including phenoxy) is 4. The Labute approximate surface area is 251 Å². The number of piperazine rings is 1. The van der Waals surface area contributed by atoms with E-state index in [-0.39, 0.29) is 36.9 Å². The van der Waals surface area contributed by atoms with Crippen LogP contribution in [0.5, 0.6) is 23.0 Å². The number of carbonyl (C=O) groups is 2. The number of benzene rings is 3. The van der Waals surface area contributed by atoms with Crippen LogP contribution in [0, 0.1) is 0 Å². The minimum absolute atomic E-state index is 0.00529. The van der Waals surface area contributed by atoms with E-state index in [0.717, 1.165) is 33.3 Å². The van der Waals surface area contributed by atoms with Crippen LogP contribution in [0.15, 0.2) is 60.7 Å². The van der Waals surface area contributed by atoms with Crippen LogP contribution >= 0.6 is 0 Å². The number of nitrogens with zero attached hydrogens (tertiary/aromatic N) is 2. The minimum Gasteiger partial charge on any atom is -0.493 e. The summed E-state index contributed by atoms with van der Waals surface area (Å²) < 4.78 is 22.5. The number of aromatic nitrogens is 1. The third-order valence-corrected chi connectivity index (χ3v) is 8.59. The number of para-hydroxylation sites is 1. The molecule has 0 bridgehead atoms. The molecule has 43 heavy (non-hydrogen) atoms. The summed E-state index contributed by atoms with van der Waals surface area (Å²) in [6, 6.07) is 19.5. The Bertz CT molecular complexity index is 1710. The molecule has 0 saturated carbocycles. The summed E-state index contributed by atoms with van der Waals surface area (Å²) in [5.74, 6) is 2.04. The smallest absolute Gasteiger partial charge is 0.255 e. The highest BCUT2D eigenvalue weighted by atomic mass is 16.5. The van der Waals surface area contributed by atoms with Gasteiger partial charge >= 0.3 is 0 Å². The topological polar surface area (TPSA) is 93.3 Å². The van der Waals surface area contributed by atoms with Gasteiger partial charge in [0.2, 0.25) is 5.91 Å². The number of methoxy groups -OCH3 is 3. The third kappa shape index (κ3) is 4.63. The molecule has 0 radical (unpaired) electrons. The van der Waals surface area contributed by atoms with Gasteiger partial charge in [0.15, 0.2) is 28.5 Å². The van der Waals surface area contributed by atoms with Crippen molar-refractivity contribution < 1.29 is 28.5 Å². The van der Waals surface area contributed by atoms with E-state index in [1.807, 2.05) is 75.4 Å². The highest BCUT2D eigenvalue weighted by molar-refractivity contribution is 6.01. The molecule has 1 fully saturated rings. The third-order valence-electron chi connectivity index (χ3n) is 8.59. The molecule has 4 aromatic rings. The molecule has 1 unspecified atom stereocenters. The van der Waals surface area contributed by atoms with Gasteiger partial charge in [-0.2, -0.15) is 0 Å². The van der Waals surface area contributed by atoms with Gasteiger partial charge in [0.05, 0.1) is 33.1 Å². The zero-order valence-corrected chi connectivity index (χ0v) is 25.4. The van der Waals surface area contributed by atoms with Crippen LogP contribution in [-0.4, -0.2) is 67.1 Å². The van der Waals surface area contributed by atoms with E-state index < -0.39 is 5.54 Å². The molecule has 2 amide bonds. The number of amides is 2. The predicted octanol–water partition coefficient (Wildman–Crippen LogP) is 5.21. The van der Waals surface area contributed by atoms with Crippen LogP contribution in [0.2, 0.25) is 0 Å². The maximum atomic E-state index is 14.5. The molecule has 6 rings (SSSR count). The maximum Gasteiger partial charge on any atom is 0.255 e. The lowest BCUT2D eigenvalue weighted by Gasteiger charge is -2.51. The van der Waals surface area contributed by atoms with Crippen molar-refractivity contribution in [2.24, 2.45) is 0 Å². The monoisotopic (exact) mass is 583 g/mol. The van der Waals surface area contributed by atoms with Crippen molar-refractivity contribution in [1.82, 2.24) is 14.8 Å². The lowest BCUT2D eigenvalue weighted by molar-refractivity contribution is -0.166. The van der Waals surface area contributed by atoms with E-state index in [1.165, 1.54) is 0 Å². The zero-order valence-electron chi connectivity index (χ0n) is 25.4. The van der Waals surface area contributed by atoms with E-state index in [0.29, 0.717) is 29.5 Å². The Morgan fingerprint density at radius 3 is 2.33 bits per heavy atom. The van der Waals surface area contributed by atoms with Crippen molar-refractivity contribution in [2.75, 3.05) is 34.4 Å². The number of rotatable bonds is 8. The molecule has 0 spiro atoms. The van der Waals surface area contributed by atoms with Gasteiger partial charge in [0, 0.05) is 29.9 Å². The quantitative estimate of drug-likeness (QED) is 0.306. The van der Waals surface area contributed by atoms with E-state index in [2.05, 4.69) is 11.1 Å². The first-order chi connectivity index (χ1) is 20.7. The highest BCUT2D eigenvalue weighted by Gasteiger charge is 2.56. The first-order valence-corrected chi connectivity index (χ1v) is 14.5. The second-order valence-corrected chi connectivity index (χ2v) is 11.5. The van der Waals surface area contributed by atoms with E-state index in [4.69, 9.17) is 18.9 Å². The average Bonchev–Trinajstić information content (AvgIpc) is 3.40. The lowest BCUT2D eigenvalue weighted by Crippen LogP contribution is -2.67. The van der Waals surface area contributed by atoms with Gasteiger partial charge in [-0.3, -0.25) is 9.59 Å². The van der Waals surface area contributed by atoms with Crippen molar-refractivity contribution in [1.29, 1.82) is 0 Å². The van der Waals surface area contributed by atoms with Crippen molar-refractivity contribution >= 4 is 22.7 Å². The Hall–Kier alpha value is -4.66. The normalized spacial score (nSPS) is 19.8. The summed E-state index contributed by atoms with van der Waals surface area (Å²) >= 11 is 0. The molecule has 1 saturated heterocycles. The fourth-order valence-electron chi connectivity index (χ4n) is 6.55. The molecule has 2 aliphatic heterocycles. The summed E-state index contributed by atoms with van der Waals surface area (Å²) in [6.45, 7) is 6.41. The van der Waals surface area contributed by atoms with Crippen LogP contribution in [-0.2, 0) is 21.7 Å². The Balaban J connectivity index is 1.44. The summed E-state index contributed by atoms with van der Waals surface area (Å²) in [4.78, 5) is 35.3. The van der Waals surface area contributed by atoms with Gasteiger partial charge in [-0.25, -0.2) is 0 Å². The second kappa shape index (κ2) is 10.9. The largest absolute Gasteiger partial charge is 0.493 e. The van der Waals surface area contributed by atoms with Crippen LogP contribution < -0.4 is 18.9 Å². The number of H-pyrrole nitrogens is 1. The molecule has 1 aromatic heterocycles. The van der Waals surface area contributed by atoms with Gasteiger partial charge < -0.3 is 33.7 Å². The molecule has 3 aromatic carbocycles. The number of carbonyl (C=O) groups excluding carboxylic acids is 2. The van der Waals surface area contributed by atoms with Crippen molar-refractivity contribution in [3.63, 3.8) is 0 Å². The fourth-order valence-corrected chi connectivity index (χ4v) is 6.55. The van der Waals surface area contributed by atoms with E-state index >= 15 is 0 Å². The predicted molar refractivity (Wildman–Crippen MR) is 163 cm³/mol. The van der Waals surface area contributed by atoms with Gasteiger partial charge in [0.1, 0.15) is 6.54 Å². The Kier molecular flexibility index (Phi) is 7.20. The zero-order chi connectivity index (χ0) is 30.5. The first-order valence-electron chi connectivity index (χ1n) is 14.5. The Morgan fingerprint density at radius 1 is 0.907 bits per heavy atom. The molecule has 0 aliphatic carbocycles. The number of nitrogens with one attached hydrogen (secondary N) is 1. The number of hydrogen-bond acceptors (Lipinski definition) is 6. The van der Waals surface area contributed by atoms with Crippen LogP contribution in [0.4, 0.5) is 0 Å². The number of fused-ring (bicyclic) bond motifs is 5. The van der Waals surface area contributed by atoms with Gasteiger partial charge in [-0.15, -0.1) is 0 Å². The first kappa shape index (κ1) is 28.5. The van der Waals surface area contributed by atoms with Gasteiger partial charge in [-0.05, 0) is 67.8 Å². The molecular weight excluding hydrogens is 546 g/mol. The van der Waals surface area contributed by atoms with Gasteiger partial charge in [0.25, 0.3) is 5.91 Å².